The molecule has 1 saturated carbocycles. The highest BCUT2D eigenvalue weighted by molar-refractivity contribution is 5.85. The number of benzene rings is 1. The first-order valence-electron chi connectivity index (χ1n) is 8.38. The second kappa shape index (κ2) is 7.04. The predicted octanol–water partition coefficient (Wildman–Crippen LogP) is 4.86. The van der Waals surface area contributed by atoms with Crippen LogP contribution in [-0.4, -0.2) is 12.0 Å². The normalized spacial score (nSPS) is 18.0. The van der Waals surface area contributed by atoms with Gasteiger partial charge in [0, 0.05) is 23.8 Å². The van der Waals surface area contributed by atoms with Gasteiger partial charge in [-0.3, -0.25) is 4.98 Å². The Labute approximate surface area is 128 Å². The number of rotatable bonds is 5. The van der Waals surface area contributed by atoms with Gasteiger partial charge in [-0.1, -0.05) is 50.3 Å². The van der Waals surface area contributed by atoms with Gasteiger partial charge in [0.25, 0.3) is 0 Å². The molecule has 0 bridgehead atoms. The Hall–Kier alpha value is -1.41. The van der Waals surface area contributed by atoms with Gasteiger partial charge < -0.3 is 5.32 Å². The van der Waals surface area contributed by atoms with E-state index >= 15 is 0 Å². The van der Waals surface area contributed by atoms with Crippen molar-refractivity contribution < 1.29 is 0 Å². The van der Waals surface area contributed by atoms with Crippen LogP contribution in [0.1, 0.15) is 56.6 Å². The number of nitrogens with zero attached hydrogens (tertiary/aromatic N) is 1. The first-order valence-corrected chi connectivity index (χ1v) is 8.38. The van der Waals surface area contributed by atoms with E-state index in [4.69, 9.17) is 0 Å². The van der Waals surface area contributed by atoms with Crippen molar-refractivity contribution in [2.24, 2.45) is 5.92 Å². The molecule has 1 heterocycles. The molecule has 1 unspecified atom stereocenters. The van der Waals surface area contributed by atoms with Crippen LogP contribution < -0.4 is 5.32 Å². The molecule has 1 atom stereocenters. The Morgan fingerprint density at radius 2 is 2.05 bits per heavy atom. The summed E-state index contributed by atoms with van der Waals surface area (Å²) in [4.78, 5) is 4.24. The maximum Gasteiger partial charge on any atom is 0.0346 e. The average molecular weight is 282 g/mol. The van der Waals surface area contributed by atoms with Crippen LogP contribution in [0, 0.1) is 5.92 Å². The molecule has 0 amide bonds. The zero-order valence-corrected chi connectivity index (χ0v) is 13.0. The van der Waals surface area contributed by atoms with E-state index in [0.717, 1.165) is 5.92 Å². The van der Waals surface area contributed by atoms with Crippen molar-refractivity contribution in [2.45, 2.75) is 51.0 Å². The molecule has 0 spiro atoms. The minimum Gasteiger partial charge on any atom is -0.313 e. The molecule has 2 aromatic rings. The highest BCUT2D eigenvalue weighted by Crippen LogP contribution is 2.32. The zero-order chi connectivity index (χ0) is 14.5. The molecule has 1 fully saturated rings. The third-order valence-corrected chi connectivity index (χ3v) is 5.03. The van der Waals surface area contributed by atoms with Crippen LogP contribution in [0.15, 0.2) is 36.7 Å². The van der Waals surface area contributed by atoms with Crippen molar-refractivity contribution >= 4 is 10.8 Å². The molecule has 2 heteroatoms. The van der Waals surface area contributed by atoms with Crippen molar-refractivity contribution in [1.29, 1.82) is 0 Å². The standard InChI is InChI=1S/C19H26N2/c1-20-19(11-10-15-6-3-2-4-7-15)18-9-5-8-16-14-21-13-12-17(16)18/h5,8-9,12-15,19-20H,2-4,6-7,10-11H2,1H3. The summed E-state index contributed by atoms with van der Waals surface area (Å²) in [6.07, 6.45) is 13.7. The Kier molecular flexibility index (Phi) is 4.87. The van der Waals surface area contributed by atoms with Crippen LogP contribution in [0.2, 0.25) is 0 Å². The minimum absolute atomic E-state index is 0.457. The summed E-state index contributed by atoms with van der Waals surface area (Å²) in [6, 6.07) is 9.18. The van der Waals surface area contributed by atoms with Crippen molar-refractivity contribution in [3.8, 4) is 0 Å². The molecule has 0 aliphatic heterocycles. The smallest absolute Gasteiger partial charge is 0.0346 e. The maximum atomic E-state index is 4.24. The fourth-order valence-corrected chi connectivity index (χ4v) is 3.78. The summed E-state index contributed by atoms with van der Waals surface area (Å²) in [5.74, 6) is 0.950. The highest BCUT2D eigenvalue weighted by atomic mass is 14.9. The predicted molar refractivity (Wildman–Crippen MR) is 89.4 cm³/mol. The van der Waals surface area contributed by atoms with Crippen LogP contribution in [0.3, 0.4) is 0 Å². The second-order valence-corrected chi connectivity index (χ2v) is 6.37. The maximum absolute atomic E-state index is 4.24. The lowest BCUT2D eigenvalue weighted by molar-refractivity contribution is 0.318. The van der Waals surface area contributed by atoms with Gasteiger partial charge in [-0.25, -0.2) is 0 Å². The number of hydrogen-bond donors (Lipinski definition) is 1. The summed E-state index contributed by atoms with van der Waals surface area (Å²) in [7, 11) is 2.09. The number of hydrogen-bond acceptors (Lipinski definition) is 2. The van der Waals surface area contributed by atoms with Gasteiger partial charge in [0.15, 0.2) is 0 Å². The van der Waals surface area contributed by atoms with Crippen molar-refractivity contribution in [1.82, 2.24) is 10.3 Å². The van der Waals surface area contributed by atoms with Gasteiger partial charge in [0.2, 0.25) is 0 Å². The molecule has 1 aliphatic rings. The molecule has 1 aromatic carbocycles. The lowest BCUT2D eigenvalue weighted by Crippen LogP contribution is -2.18. The SMILES string of the molecule is CNC(CCC1CCCCC1)c1cccc2cnccc12. The van der Waals surface area contributed by atoms with Gasteiger partial charge in [0.05, 0.1) is 0 Å². The average Bonchev–Trinajstić information content (AvgIpc) is 2.56. The van der Waals surface area contributed by atoms with E-state index in [-0.39, 0.29) is 0 Å². The lowest BCUT2D eigenvalue weighted by Gasteiger charge is -2.25. The molecule has 0 radical (unpaired) electrons. The Bertz CT molecular complexity index is 567. The minimum atomic E-state index is 0.457. The van der Waals surface area contributed by atoms with E-state index in [1.54, 1.807) is 0 Å². The third kappa shape index (κ3) is 3.44. The largest absolute Gasteiger partial charge is 0.313 e. The van der Waals surface area contributed by atoms with E-state index in [2.05, 4.69) is 41.6 Å². The van der Waals surface area contributed by atoms with E-state index in [0.29, 0.717) is 6.04 Å². The monoisotopic (exact) mass is 282 g/mol. The highest BCUT2D eigenvalue weighted by Gasteiger charge is 2.17. The summed E-state index contributed by atoms with van der Waals surface area (Å²) in [5.41, 5.74) is 1.42. The summed E-state index contributed by atoms with van der Waals surface area (Å²) in [5, 5.41) is 6.12. The third-order valence-electron chi connectivity index (χ3n) is 5.03. The van der Waals surface area contributed by atoms with Gasteiger partial charge in [-0.15, -0.1) is 0 Å². The fourth-order valence-electron chi connectivity index (χ4n) is 3.78. The second-order valence-electron chi connectivity index (χ2n) is 6.37. The van der Waals surface area contributed by atoms with E-state index in [1.165, 1.54) is 61.3 Å². The zero-order valence-electron chi connectivity index (χ0n) is 13.0. The summed E-state index contributed by atoms with van der Waals surface area (Å²) in [6.45, 7) is 0. The Morgan fingerprint density at radius 1 is 1.19 bits per heavy atom. The first-order chi connectivity index (χ1) is 10.4. The molecular formula is C19H26N2. The number of nitrogens with one attached hydrogen (secondary N) is 1. The molecule has 0 saturated heterocycles. The van der Waals surface area contributed by atoms with Gasteiger partial charge in [0.1, 0.15) is 0 Å². The Morgan fingerprint density at radius 3 is 2.86 bits per heavy atom. The lowest BCUT2D eigenvalue weighted by atomic mass is 9.84. The quantitative estimate of drug-likeness (QED) is 0.847. The molecule has 1 N–H and O–H groups in total. The molecule has 21 heavy (non-hydrogen) atoms. The van der Waals surface area contributed by atoms with Gasteiger partial charge in [-0.2, -0.15) is 0 Å². The molecule has 1 aromatic heterocycles. The number of fused-ring (bicyclic) bond motifs is 1. The fraction of sp³-hybridized carbons (Fsp3) is 0.526. The van der Waals surface area contributed by atoms with Crippen molar-refractivity contribution in [3.05, 3.63) is 42.2 Å². The van der Waals surface area contributed by atoms with Crippen LogP contribution in [0.5, 0.6) is 0 Å². The van der Waals surface area contributed by atoms with Gasteiger partial charge in [-0.05, 0) is 42.8 Å². The Balaban J connectivity index is 1.75. The number of pyridine rings is 1. The van der Waals surface area contributed by atoms with Crippen LogP contribution in [0.25, 0.3) is 10.8 Å². The molecular weight excluding hydrogens is 256 g/mol. The van der Waals surface area contributed by atoms with Crippen LogP contribution in [-0.2, 0) is 0 Å². The molecule has 112 valence electrons. The summed E-state index contributed by atoms with van der Waals surface area (Å²) >= 11 is 0. The first kappa shape index (κ1) is 14.5. The van der Waals surface area contributed by atoms with Crippen LogP contribution in [0.4, 0.5) is 0 Å². The topological polar surface area (TPSA) is 24.9 Å². The van der Waals surface area contributed by atoms with Crippen molar-refractivity contribution in [2.75, 3.05) is 7.05 Å². The van der Waals surface area contributed by atoms with E-state index in [9.17, 15) is 0 Å². The van der Waals surface area contributed by atoms with Crippen molar-refractivity contribution in [3.63, 3.8) is 0 Å². The molecule has 1 aliphatic carbocycles. The van der Waals surface area contributed by atoms with Crippen LogP contribution >= 0.6 is 0 Å². The summed E-state index contributed by atoms with van der Waals surface area (Å²) < 4.78 is 0. The van der Waals surface area contributed by atoms with Gasteiger partial charge >= 0.3 is 0 Å². The molecule has 2 nitrogen and oxygen atoms in total. The number of aromatic nitrogens is 1. The molecule has 3 rings (SSSR count). The van der Waals surface area contributed by atoms with E-state index in [1.807, 2.05) is 12.4 Å². The van der Waals surface area contributed by atoms with E-state index < -0.39 is 0 Å².